The minimum atomic E-state index is -1.01. The van der Waals surface area contributed by atoms with Gasteiger partial charge in [-0.1, -0.05) is 83.6 Å². The van der Waals surface area contributed by atoms with Crippen molar-refractivity contribution in [3.63, 3.8) is 0 Å². The molecule has 0 spiro atoms. The second-order valence-corrected chi connectivity index (χ2v) is 15.2. The Kier molecular flexibility index (Phi) is 17.4. The first-order valence-corrected chi connectivity index (χ1v) is 18.5. The van der Waals surface area contributed by atoms with Gasteiger partial charge >= 0.3 is 5.97 Å². The molecule has 12 nitrogen and oxygen atoms in total. The highest BCUT2D eigenvalue weighted by Crippen LogP contribution is 2.30. The second kappa shape index (κ2) is 20.2. The predicted molar refractivity (Wildman–Crippen MR) is 203 cm³/mol. The van der Waals surface area contributed by atoms with Gasteiger partial charge in [0.2, 0.25) is 17.7 Å². The van der Waals surface area contributed by atoms with E-state index in [4.69, 9.17) is 21.7 Å². The number of likely N-dealkylation sites (tertiary alicyclic amines) is 1. The molecule has 13 heteroatoms. The van der Waals surface area contributed by atoms with Crippen molar-refractivity contribution >= 4 is 40.9 Å². The van der Waals surface area contributed by atoms with E-state index in [1.165, 1.54) is 0 Å². The van der Waals surface area contributed by atoms with E-state index in [0.29, 0.717) is 18.0 Å². The summed E-state index contributed by atoms with van der Waals surface area (Å²) in [5, 5.41) is 18.9. The molecule has 3 amide bonds. The van der Waals surface area contributed by atoms with Crippen LogP contribution in [0.4, 0.5) is 0 Å². The van der Waals surface area contributed by atoms with Gasteiger partial charge < -0.3 is 40.3 Å². The van der Waals surface area contributed by atoms with Gasteiger partial charge in [-0.15, -0.1) is 0 Å². The molecule has 1 aromatic carbocycles. The van der Waals surface area contributed by atoms with Crippen molar-refractivity contribution in [3.8, 4) is 0 Å². The maximum atomic E-state index is 14.1. The van der Waals surface area contributed by atoms with Crippen LogP contribution in [-0.4, -0.2) is 120 Å². The summed E-state index contributed by atoms with van der Waals surface area (Å²) in [6.45, 7) is 13.8. The Morgan fingerprint density at radius 3 is 2.20 bits per heavy atom. The zero-order chi connectivity index (χ0) is 38.6. The van der Waals surface area contributed by atoms with Crippen LogP contribution >= 0.6 is 12.2 Å². The Balaban J connectivity index is 2.26. The zero-order valence-corrected chi connectivity index (χ0v) is 33.3. The number of rotatable bonds is 20. The highest BCUT2D eigenvalue weighted by atomic mass is 32.1. The fourth-order valence-corrected chi connectivity index (χ4v) is 7.10. The van der Waals surface area contributed by atoms with Crippen LogP contribution in [0.5, 0.6) is 0 Å². The van der Waals surface area contributed by atoms with Crippen LogP contribution < -0.4 is 16.0 Å². The standard InChI is InChI=1S/C38H63N5O7S/c1-12-24(4)32(42(9)35(45)31(23(2)3)41-37(48)38(6,7)39-8)29(49-10)22-30(44)43-20-16-19-28(43)33(50-11)25(5)34(51)40-27(36(46)47)21-26-17-14-13-15-18-26/h13-15,17-18,23-25,27-29,31-33,39H,12,16,19-22H2,1-11H3,(H,40,51)(H,41,48)(H,46,47)/t24?,25?,27?,28-,29?,31?,32?,33?/m0/s1. The number of hydrogen-bond donors (Lipinski definition) is 4. The van der Waals surface area contributed by atoms with Crippen molar-refractivity contribution in [2.24, 2.45) is 17.8 Å². The Bertz CT molecular complexity index is 1310. The van der Waals surface area contributed by atoms with Crippen molar-refractivity contribution in [3.05, 3.63) is 35.9 Å². The third-order valence-electron chi connectivity index (χ3n) is 10.6. The topological polar surface area (TPSA) is 150 Å². The molecule has 7 unspecified atom stereocenters. The molecule has 288 valence electrons. The Morgan fingerprint density at radius 1 is 1.06 bits per heavy atom. The van der Waals surface area contributed by atoms with Crippen molar-refractivity contribution < 1.29 is 33.8 Å². The minimum absolute atomic E-state index is 0.0170. The molecule has 1 saturated heterocycles. The first kappa shape index (κ1) is 44.0. The van der Waals surface area contributed by atoms with Gasteiger partial charge in [-0.25, -0.2) is 4.79 Å². The molecule has 8 atom stereocenters. The van der Waals surface area contributed by atoms with Gasteiger partial charge in [0.25, 0.3) is 0 Å². The summed E-state index contributed by atoms with van der Waals surface area (Å²) in [7, 11) is 6.56. The normalized spacial score (nSPS) is 19.0. The van der Waals surface area contributed by atoms with Gasteiger partial charge in [-0.3, -0.25) is 14.4 Å². The molecule has 0 bridgehead atoms. The fraction of sp³-hybridized carbons (Fsp3) is 0.711. The van der Waals surface area contributed by atoms with Crippen LogP contribution in [0, 0.1) is 17.8 Å². The summed E-state index contributed by atoms with van der Waals surface area (Å²) in [6, 6.07) is 6.95. The van der Waals surface area contributed by atoms with Crippen molar-refractivity contribution in [1.82, 2.24) is 25.8 Å². The molecule has 4 N–H and O–H groups in total. The molecule has 0 aromatic heterocycles. The Labute approximate surface area is 310 Å². The van der Waals surface area contributed by atoms with E-state index in [0.717, 1.165) is 18.4 Å². The van der Waals surface area contributed by atoms with Crippen LogP contribution in [0.2, 0.25) is 0 Å². The lowest BCUT2D eigenvalue weighted by atomic mass is 9.89. The number of likely N-dealkylation sites (N-methyl/N-ethyl adjacent to an activating group) is 2. The number of hydrogen-bond acceptors (Lipinski definition) is 8. The number of carbonyl (C=O) groups is 4. The highest BCUT2D eigenvalue weighted by molar-refractivity contribution is 7.80. The predicted octanol–water partition coefficient (Wildman–Crippen LogP) is 3.66. The number of benzene rings is 1. The van der Waals surface area contributed by atoms with E-state index in [9.17, 15) is 24.3 Å². The number of nitrogens with one attached hydrogen (secondary N) is 3. The number of aliphatic carboxylic acids is 1. The summed E-state index contributed by atoms with van der Waals surface area (Å²) >= 11 is 5.74. The minimum Gasteiger partial charge on any atom is -0.480 e. The lowest BCUT2D eigenvalue weighted by Gasteiger charge is -2.41. The molecule has 1 aromatic rings. The smallest absolute Gasteiger partial charge is 0.326 e. The van der Waals surface area contributed by atoms with E-state index in [1.807, 2.05) is 69.9 Å². The van der Waals surface area contributed by atoms with E-state index in [2.05, 4.69) is 16.0 Å². The van der Waals surface area contributed by atoms with E-state index < -0.39 is 41.8 Å². The Morgan fingerprint density at radius 2 is 1.69 bits per heavy atom. The number of carboxylic acid groups (broad SMARTS) is 1. The first-order chi connectivity index (χ1) is 23.9. The average molecular weight is 734 g/mol. The van der Waals surface area contributed by atoms with E-state index in [1.54, 1.807) is 47.1 Å². The lowest BCUT2D eigenvalue weighted by Crippen LogP contribution is -2.61. The molecule has 0 aliphatic carbocycles. The van der Waals surface area contributed by atoms with Gasteiger partial charge in [0.15, 0.2) is 0 Å². The third kappa shape index (κ3) is 11.7. The zero-order valence-electron chi connectivity index (χ0n) is 32.5. The molecule has 1 heterocycles. The van der Waals surface area contributed by atoms with Gasteiger partial charge in [0, 0.05) is 40.2 Å². The highest BCUT2D eigenvalue weighted by Gasteiger charge is 2.43. The molecule has 1 aliphatic heterocycles. The van der Waals surface area contributed by atoms with Gasteiger partial charge in [0.1, 0.15) is 12.1 Å². The third-order valence-corrected chi connectivity index (χ3v) is 11.1. The Hall–Kier alpha value is -3.13. The average Bonchev–Trinajstić information content (AvgIpc) is 3.59. The largest absolute Gasteiger partial charge is 0.480 e. The number of thiocarbonyl (C=S) groups is 1. The fourth-order valence-electron chi connectivity index (χ4n) is 6.83. The van der Waals surface area contributed by atoms with Gasteiger partial charge in [-0.05, 0) is 51.1 Å². The summed E-state index contributed by atoms with van der Waals surface area (Å²) < 4.78 is 12.0. The van der Waals surface area contributed by atoms with E-state index in [-0.39, 0.29) is 54.4 Å². The molecular weight excluding hydrogens is 671 g/mol. The number of methoxy groups -OCH3 is 2. The number of ether oxygens (including phenoxy) is 2. The van der Waals surface area contributed by atoms with E-state index >= 15 is 0 Å². The van der Waals surface area contributed by atoms with Crippen LogP contribution in [0.25, 0.3) is 0 Å². The molecule has 51 heavy (non-hydrogen) atoms. The maximum Gasteiger partial charge on any atom is 0.326 e. The molecule has 0 radical (unpaired) electrons. The van der Waals surface area contributed by atoms with Crippen LogP contribution in [0.1, 0.15) is 79.7 Å². The summed E-state index contributed by atoms with van der Waals surface area (Å²) in [4.78, 5) is 57.3. The number of carboxylic acids is 1. The SMILES string of the molecule is CCC(C)C(C(CC(=O)N1CCC[C@H]1C(OC)C(C)C(=S)NC(Cc1ccccc1)C(=O)O)OC)N(C)C(=O)C(NC(=O)C(C)(C)NC)C(C)C. The number of nitrogens with zero attached hydrogens (tertiary/aromatic N) is 2. The summed E-state index contributed by atoms with van der Waals surface area (Å²) in [5.74, 6) is -2.23. The van der Waals surface area contributed by atoms with Gasteiger partial charge in [-0.2, -0.15) is 0 Å². The number of carbonyl (C=O) groups excluding carboxylic acids is 3. The maximum absolute atomic E-state index is 14.1. The van der Waals surface area contributed by atoms with Crippen LogP contribution in [0.3, 0.4) is 0 Å². The lowest BCUT2D eigenvalue weighted by molar-refractivity contribution is -0.147. The molecule has 1 aliphatic rings. The van der Waals surface area contributed by atoms with Crippen LogP contribution in [-0.2, 0) is 35.1 Å². The van der Waals surface area contributed by atoms with Crippen molar-refractivity contribution in [2.45, 2.75) is 122 Å². The number of amides is 3. The van der Waals surface area contributed by atoms with Crippen molar-refractivity contribution in [1.29, 1.82) is 0 Å². The monoisotopic (exact) mass is 733 g/mol. The summed E-state index contributed by atoms with van der Waals surface area (Å²) in [5.41, 5.74) is 0.00883. The summed E-state index contributed by atoms with van der Waals surface area (Å²) in [6.07, 6.45) is 1.43. The van der Waals surface area contributed by atoms with Crippen LogP contribution in [0.15, 0.2) is 30.3 Å². The van der Waals surface area contributed by atoms with Crippen molar-refractivity contribution in [2.75, 3.05) is 34.9 Å². The molecule has 1 fully saturated rings. The molecule has 0 saturated carbocycles. The quantitative estimate of drug-likeness (QED) is 0.146. The van der Waals surface area contributed by atoms with Gasteiger partial charge in [0.05, 0.1) is 41.2 Å². The first-order valence-electron chi connectivity index (χ1n) is 18.1. The molecule has 2 rings (SSSR count). The second-order valence-electron chi connectivity index (χ2n) is 14.7. The molecular formula is C38H63N5O7S.